The number of carbonyl (C=O) groups is 1. The highest BCUT2D eigenvalue weighted by Gasteiger charge is 2.24. The molecule has 0 aromatic carbocycles. The molecule has 1 fully saturated rings. The lowest BCUT2D eigenvalue weighted by Crippen LogP contribution is -2.39. The second-order valence-electron chi connectivity index (χ2n) is 4.36. The third-order valence-electron chi connectivity index (χ3n) is 3.02. The van der Waals surface area contributed by atoms with Gasteiger partial charge in [-0.3, -0.25) is 4.79 Å². The van der Waals surface area contributed by atoms with Gasteiger partial charge in [0, 0.05) is 35.3 Å². The molecule has 1 amide bonds. The maximum Gasteiger partial charge on any atom is 0.271 e. The number of amides is 1. The molecule has 0 atom stereocenters. The van der Waals surface area contributed by atoms with Gasteiger partial charge in [-0.15, -0.1) is 11.3 Å². The summed E-state index contributed by atoms with van der Waals surface area (Å²) in [7, 11) is 1.52. The van der Waals surface area contributed by atoms with Crippen molar-refractivity contribution in [2.24, 2.45) is 0 Å². The summed E-state index contributed by atoms with van der Waals surface area (Å²) in [5.74, 6) is -0.257. The van der Waals surface area contributed by atoms with Crippen molar-refractivity contribution in [3.8, 4) is 0 Å². The van der Waals surface area contributed by atoms with Gasteiger partial charge in [0.15, 0.2) is 0 Å². The molecule has 2 rings (SSSR count). The molecule has 8 heteroatoms. The number of rotatable bonds is 3. The van der Waals surface area contributed by atoms with E-state index >= 15 is 0 Å². The molecule has 1 aliphatic heterocycles. The predicted octanol–water partition coefficient (Wildman–Crippen LogP) is 1.89. The van der Waals surface area contributed by atoms with Gasteiger partial charge in [0.1, 0.15) is 4.21 Å². The van der Waals surface area contributed by atoms with E-state index in [2.05, 4.69) is 5.32 Å². The summed E-state index contributed by atoms with van der Waals surface area (Å²) >= 11 is 0.968. The zero-order chi connectivity index (χ0) is 14.0. The normalized spacial score (nSPS) is 17.4. The number of carbonyl (C=O) groups excluding carboxylic acids is 1. The number of halogens is 1. The number of thiophene rings is 1. The molecular formula is C11H14ClNO4S2. The van der Waals surface area contributed by atoms with E-state index in [4.69, 9.17) is 15.4 Å². The zero-order valence-electron chi connectivity index (χ0n) is 10.3. The van der Waals surface area contributed by atoms with Gasteiger partial charge in [-0.05, 0) is 25.3 Å². The Kier molecular flexibility index (Phi) is 4.50. The first-order valence-corrected chi connectivity index (χ1v) is 9.00. The molecule has 1 saturated heterocycles. The van der Waals surface area contributed by atoms with Crippen molar-refractivity contribution in [3.05, 3.63) is 16.5 Å². The second kappa shape index (κ2) is 5.78. The topological polar surface area (TPSA) is 72.5 Å². The Bertz CT molecular complexity index is 576. The van der Waals surface area contributed by atoms with Crippen LogP contribution < -0.4 is 5.32 Å². The van der Waals surface area contributed by atoms with Crippen LogP contribution in [0.25, 0.3) is 0 Å². The lowest BCUT2D eigenvalue weighted by molar-refractivity contribution is 0.0696. The fourth-order valence-electron chi connectivity index (χ4n) is 1.97. The maximum absolute atomic E-state index is 12.1. The van der Waals surface area contributed by atoms with Crippen molar-refractivity contribution in [1.29, 1.82) is 0 Å². The molecule has 0 saturated carbocycles. The van der Waals surface area contributed by atoms with Gasteiger partial charge >= 0.3 is 0 Å². The van der Waals surface area contributed by atoms with Crippen molar-refractivity contribution in [3.63, 3.8) is 0 Å². The van der Waals surface area contributed by atoms with Gasteiger partial charge < -0.3 is 10.1 Å². The van der Waals surface area contributed by atoms with Gasteiger partial charge in [-0.25, -0.2) is 8.42 Å². The molecule has 0 spiro atoms. The highest BCUT2D eigenvalue weighted by Crippen LogP contribution is 2.29. The summed E-state index contributed by atoms with van der Waals surface area (Å²) in [5, 5.41) is 4.42. The number of nitrogens with one attached hydrogen (secondary N) is 1. The predicted molar refractivity (Wildman–Crippen MR) is 73.4 cm³/mol. The lowest BCUT2D eigenvalue weighted by atomic mass is 10.1. The Hall–Kier alpha value is -0.630. The summed E-state index contributed by atoms with van der Waals surface area (Å²) in [4.78, 5) is 12.1. The molecule has 5 nitrogen and oxygen atoms in total. The van der Waals surface area contributed by atoms with E-state index in [0.717, 1.165) is 24.2 Å². The van der Waals surface area contributed by atoms with E-state index in [-0.39, 0.29) is 16.2 Å². The Morgan fingerprint density at radius 3 is 2.63 bits per heavy atom. The molecule has 1 aromatic rings. The Morgan fingerprint density at radius 2 is 2.11 bits per heavy atom. The van der Waals surface area contributed by atoms with E-state index < -0.39 is 9.05 Å². The van der Waals surface area contributed by atoms with Crippen LogP contribution >= 0.6 is 22.0 Å². The Balaban J connectivity index is 2.13. The monoisotopic (exact) mass is 323 g/mol. The van der Waals surface area contributed by atoms with Crippen LogP contribution in [0.3, 0.4) is 0 Å². The average molecular weight is 324 g/mol. The van der Waals surface area contributed by atoms with Gasteiger partial charge in [-0.1, -0.05) is 0 Å². The summed E-state index contributed by atoms with van der Waals surface area (Å²) in [6, 6.07) is 0.0802. The van der Waals surface area contributed by atoms with E-state index in [1.54, 1.807) is 6.92 Å². The van der Waals surface area contributed by atoms with Crippen molar-refractivity contribution >= 4 is 37.0 Å². The zero-order valence-corrected chi connectivity index (χ0v) is 12.7. The van der Waals surface area contributed by atoms with Gasteiger partial charge in [0.05, 0.1) is 5.56 Å². The first-order chi connectivity index (χ1) is 8.89. The highest BCUT2D eigenvalue weighted by molar-refractivity contribution is 8.15. The van der Waals surface area contributed by atoms with E-state index in [0.29, 0.717) is 24.3 Å². The van der Waals surface area contributed by atoms with Crippen LogP contribution in [0.2, 0.25) is 0 Å². The number of ether oxygens (including phenoxy) is 1. The van der Waals surface area contributed by atoms with Crippen molar-refractivity contribution < 1.29 is 17.9 Å². The van der Waals surface area contributed by atoms with Crippen LogP contribution in [-0.4, -0.2) is 33.6 Å². The Morgan fingerprint density at radius 1 is 1.47 bits per heavy atom. The molecule has 1 aliphatic rings. The SMILES string of the molecule is Cc1c(C(=O)NC2CCOCC2)csc1S(=O)(=O)Cl. The van der Waals surface area contributed by atoms with Crippen LogP contribution in [0.1, 0.15) is 28.8 Å². The molecule has 0 aliphatic carbocycles. The average Bonchev–Trinajstić information content (AvgIpc) is 2.72. The molecule has 0 bridgehead atoms. The number of hydrogen-bond donors (Lipinski definition) is 1. The molecule has 19 heavy (non-hydrogen) atoms. The Labute approximate surface area is 120 Å². The minimum Gasteiger partial charge on any atom is -0.381 e. The highest BCUT2D eigenvalue weighted by atomic mass is 35.7. The molecule has 1 aromatic heterocycles. The van der Waals surface area contributed by atoms with E-state index in [9.17, 15) is 13.2 Å². The quantitative estimate of drug-likeness (QED) is 0.862. The van der Waals surface area contributed by atoms with Gasteiger partial charge in [-0.2, -0.15) is 0 Å². The maximum atomic E-state index is 12.1. The van der Waals surface area contributed by atoms with Crippen LogP contribution in [0, 0.1) is 6.92 Å². The lowest BCUT2D eigenvalue weighted by Gasteiger charge is -2.23. The molecule has 0 radical (unpaired) electrons. The first kappa shape index (κ1) is 14.8. The fraction of sp³-hybridized carbons (Fsp3) is 0.545. The largest absolute Gasteiger partial charge is 0.381 e. The summed E-state index contributed by atoms with van der Waals surface area (Å²) in [6.07, 6.45) is 1.55. The number of hydrogen-bond acceptors (Lipinski definition) is 5. The van der Waals surface area contributed by atoms with Crippen molar-refractivity contribution in [1.82, 2.24) is 5.32 Å². The third kappa shape index (κ3) is 3.47. The molecular weight excluding hydrogens is 310 g/mol. The molecule has 0 unspecified atom stereocenters. The van der Waals surface area contributed by atoms with E-state index in [1.807, 2.05) is 0 Å². The van der Waals surface area contributed by atoms with Crippen LogP contribution in [-0.2, 0) is 13.8 Å². The minimum atomic E-state index is -3.79. The van der Waals surface area contributed by atoms with Crippen LogP contribution in [0.4, 0.5) is 0 Å². The minimum absolute atomic E-state index is 0.0336. The smallest absolute Gasteiger partial charge is 0.271 e. The van der Waals surface area contributed by atoms with Gasteiger partial charge in [0.2, 0.25) is 0 Å². The van der Waals surface area contributed by atoms with Crippen LogP contribution in [0.15, 0.2) is 9.59 Å². The molecule has 106 valence electrons. The summed E-state index contributed by atoms with van der Waals surface area (Å²) < 4.78 is 27.9. The van der Waals surface area contributed by atoms with Crippen LogP contribution in [0.5, 0.6) is 0 Å². The van der Waals surface area contributed by atoms with Gasteiger partial charge in [0.25, 0.3) is 15.0 Å². The summed E-state index contributed by atoms with van der Waals surface area (Å²) in [5.41, 5.74) is 0.778. The second-order valence-corrected chi connectivity index (χ2v) is 8.00. The fourth-order valence-corrected chi connectivity index (χ4v) is 4.52. The van der Waals surface area contributed by atoms with Crippen molar-refractivity contribution in [2.45, 2.75) is 30.0 Å². The molecule has 1 N–H and O–H groups in total. The standard InChI is InChI=1S/C11H14ClNO4S2/c1-7-9(6-18-11(7)19(12,15)16)10(14)13-8-2-4-17-5-3-8/h6,8H,2-5H2,1H3,(H,13,14). The first-order valence-electron chi connectivity index (χ1n) is 5.81. The third-order valence-corrected chi connectivity index (χ3v) is 6.32. The summed E-state index contributed by atoms with van der Waals surface area (Å²) in [6.45, 7) is 2.86. The molecule has 2 heterocycles. The van der Waals surface area contributed by atoms with Crippen molar-refractivity contribution in [2.75, 3.05) is 13.2 Å². The van der Waals surface area contributed by atoms with E-state index in [1.165, 1.54) is 5.38 Å².